The molecule has 0 atom stereocenters. The highest BCUT2D eigenvalue weighted by molar-refractivity contribution is 9.10. The van der Waals surface area contributed by atoms with Gasteiger partial charge < -0.3 is 9.47 Å². The highest BCUT2D eigenvalue weighted by Gasteiger charge is 2.14. The van der Waals surface area contributed by atoms with Crippen LogP contribution in [0.1, 0.15) is 23.6 Å². The highest BCUT2D eigenvalue weighted by Crippen LogP contribution is 2.39. The van der Waals surface area contributed by atoms with E-state index in [4.69, 9.17) is 55.9 Å². The molecule has 0 heterocycles. The minimum absolute atomic E-state index is 0.233. The summed E-state index contributed by atoms with van der Waals surface area (Å²) in [6, 6.07) is 16.1. The molecule has 8 heteroatoms. The van der Waals surface area contributed by atoms with E-state index in [0.717, 1.165) is 11.1 Å². The molecule has 0 aliphatic rings. The van der Waals surface area contributed by atoms with Gasteiger partial charge in [0.1, 0.15) is 6.61 Å². The van der Waals surface area contributed by atoms with Crippen LogP contribution in [-0.4, -0.2) is 6.61 Å². The van der Waals surface area contributed by atoms with Gasteiger partial charge >= 0.3 is 0 Å². The Bertz CT molecular complexity index is 1220. The fraction of sp³-hybridized carbons (Fsp3) is 0.125. The maximum absolute atomic E-state index is 9.67. The Hall–Kier alpha value is -1.87. The van der Waals surface area contributed by atoms with Crippen LogP contribution < -0.4 is 9.47 Å². The highest BCUT2D eigenvalue weighted by atomic mass is 79.9. The predicted molar refractivity (Wildman–Crippen MR) is 136 cm³/mol. The average Bonchev–Trinajstić information content (AvgIpc) is 2.75. The largest absolute Gasteiger partial charge is 0.490 e. The summed E-state index contributed by atoms with van der Waals surface area (Å²) in [5, 5.41) is 11.6. The van der Waals surface area contributed by atoms with Crippen LogP contribution in [0.3, 0.4) is 0 Å². The van der Waals surface area contributed by atoms with Crippen molar-refractivity contribution in [3.8, 4) is 17.6 Å². The maximum atomic E-state index is 9.67. The van der Waals surface area contributed by atoms with Crippen molar-refractivity contribution < 1.29 is 9.47 Å². The molecule has 0 aromatic heterocycles. The molecule has 3 rings (SSSR count). The van der Waals surface area contributed by atoms with Gasteiger partial charge in [-0.15, -0.1) is 0 Å². The van der Waals surface area contributed by atoms with Crippen molar-refractivity contribution in [2.45, 2.75) is 13.5 Å². The molecular weight excluding hydrogens is 556 g/mol. The molecule has 3 aromatic carbocycles. The maximum Gasteiger partial charge on any atom is 0.175 e. The monoisotopic (exact) mass is 569 g/mol. The van der Waals surface area contributed by atoms with Gasteiger partial charge in [0.05, 0.1) is 32.8 Å². The zero-order valence-electron chi connectivity index (χ0n) is 16.8. The topological polar surface area (TPSA) is 42.2 Å². The second-order valence-electron chi connectivity index (χ2n) is 6.59. The number of hydrogen-bond donors (Lipinski definition) is 0. The third-order valence-corrected chi connectivity index (χ3v) is 6.30. The Morgan fingerprint density at radius 1 is 0.969 bits per heavy atom. The molecular formula is C24H16BrCl4NO2. The lowest BCUT2D eigenvalue weighted by Crippen LogP contribution is -2.01. The van der Waals surface area contributed by atoms with E-state index in [1.54, 1.807) is 36.4 Å². The number of rotatable bonds is 7. The van der Waals surface area contributed by atoms with Crippen LogP contribution in [-0.2, 0) is 6.61 Å². The zero-order chi connectivity index (χ0) is 23.3. The molecule has 0 aliphatic heterocycles. The van der Waals surface area contributed by atoms with E-state index in [0.29, 0.717) is 53.8 Å². The molecule has 32 heavy (non-hydrogen) atoms. The molecule has 164 valence electrons. The zero-order valence-corrected chi connectivity index (χ0v) is 21.4. The number of halogens is 5. The van der Waals surface area contributed by atoms with Gasteiger partial charge in [-0.05, 0) is 76.5 Å². The van der Waals surface area contributed by atoms with E-state index in [9.17, 15) is 5.26 Å². The van der Waals surface area contributed by atoms with E-state index in [1.807, 2.05) is 25.1 Å². The molecule has 0 spiro atoms. The normalized spacial score (nSPS) is 11.2. The molecule has 0 radical (unpaired) electrons. The Labute approximate surface area is 215 Å². The minimum Gasteiger partial charge on any atom is -0.490 e. The van der Waals surface area contributed by atoms with Crippen molar-refractivity contribution in [2.75, 3.05) is 6.61 Å². The predicted octanol–water partition coefficient (Wildman–Crippen LogP) is 9.10. The van der Waals surface area contributed by atoms with Crippen LogP contribution in [0.25, 0.3) is 11.6 Å². The molecule has 3 aromatic rings. The van der Waals surface area contributed by atoms with Crippen molar-refractivity contribution >= 4 is 74.0 Å². The summed E-state index contributed by atoms with van der Waals surface area (Å²) in [5.74, 6) is 1.06. The second kappa shape index (κ2) is 11.3. The molecule has 0 saturated heterocycles. The van der Waals surface area contributed by atoms with Crippen molar-refractivity contribution in [3.05, 3.63) is 89.8 Å². The van der Waals surface area contributed by atoms with Gasteiger partial charge in [-0.2, -0.15) is 5.26 Å². The molecule has 0 bridgehead atoms. The first-order valence-electron chi connectivity index (χ1n) is 9.42. The third-order valence-electron chi connectivity index (χ3n) is 4.38. The minimum atomic E-state index is 0.233. The van der Waals surface area contributed by atoms with Crippen LogP contribution in [0.15, 0.2) is 53.0 Å². The van der Waals surface area contributed by atoms with Crippen molar-refractivity contribution in [2.24, 2.45) is 0 Å². The first-order valence-corrected chi connectivity index (χ1v) is 11.7. The molecule has 0 unspecified atom stereocenters. The standard InChI is InChI=1S/C24H16BrCl4NO2/c1-2-31-23-9-14(7-17(12-30)15-4-6-20(27)22(29)10-15)8-19(25)24(23)32-13-16-3-5-18(26)11-21(16)28/h3-11H,2,13H2,1H3/b17-7-. The quantitative estimate of drug-likeness (QED) is 0.210. The smallest absolute Gasteiger partial charge is 0.175 e. The van der Waals surface area contributed by atoms with Gasteiger partial charge in [0, 0.05) is 15.6 Å². The summed E-state index contributed by atoms with van der Waals surface area (Å²) in [6.07, 6.45) is 1.74. The van der Waals surface area contributed by atoms with Gasteiger partial charge in [0.15, 0.2) is 11.5 Å². The van der Waals surface area contributed by atoms with E-state index in [2.05, 4.69) is 22.0 Å². The van der Waals surface area contributed by atoms with Crippen LogP contribution in [0, 0.1) is 11.3 Å². The van der Waals surface area contributed by atoms with Gasteiger partial charge in [-0.1, -0.05) is 58.5 Å². The Morgan fingerprint density at radius 3 is 2.41 bits per heavy atom. The Kier molecular flexibility index (Phi) is 8.76. The molecule has 3 nitrogen and oxygen atoms in total. The summed E-state index contributed by atoms with van der Waals surface area (Å²) < 4.78 is 12.5. The van der Waals surface area contributed by atoms with Gasteiger partial charge in [-0.3, -0.25) is 0 Å². The molecule has 0 amide bonds. The van der Waals surface area contributed by atoms with Crippen LogP contribution in [0.5, 0.6) is 11.5 Å². The fourth-order valence-corrected chi connectivity index (χ4v) is 4.21. The van der Waals surface area contributed by atoms with Crippen molar-refractivity contribution in [1.82, 2.24) is 0 Å². The molecule has 0 aliphatic carbocycles. The summed E-state index contributed by atoms with van der Waals surface area (Å²) in [6.45, 7) is 2.55. The average molecular weight is 572 g/mol. The van der Waals surface area contributed by atoms with Crippen LogP contribution in [0.4, 0.5) is 0 Å². The summed E-state index contributed by atoms with van der Waals surface area (Å²) in [4.78, 5) is 0. The van der Waals surface area contributed by atoms with Crippen molar-refractivity contribution in [3.63, 3.8) is 0 Å². The lowest BCUT2D eigenvalue weighted by atomic mass is 10.0. The van der Waals surface area contributed by atoms with E-state index < -0.39 is 0 Å². The summed E-state index contributed by atoms with van der Waals surface area (Å²) >= 11 is 27.9. The van der Waals surface area contributed by atoms with E-state index in [-0.39, 0.29) is 6.61 Å². The van der Waals surface area contributed by atoms with Gasteiger partial charge in [0.2, 0.25) is 0 Å². The molecule has 0 N–H and O–H groups in total. The Balaban J connectivity index is 1.94. The van der Waals surface area contributed by atoms with Crippen molar-refractivity contribution in [1.29, 1.82) is 5.26 Å². The van der Waals surface area contributed by atoms with Gasteiger partial charge in [-0.25, -0.2) is 0 Å². The first kappa shape index (κ1) is 24.8. The van der Waals surface area contributed by atoms with Crippen LogP contribution >= 0.6 is 62.3 Å². The summed E-state index contributed by atoms with van der Waals surface area (Å²) in [7, 11) is 0. The lowest BCUT2D eigenvalue weighted by molar-refractivity contribution is 0.267. The summed E-state index contributed by atoms with van der Waals surface area (Å²) in [5.41, 5.74) is 2.63. The number of nitrogens with zero attached hydrogens (tertiary/aromatic N) is 1. The molecule has 0 fully saturated rings. The number of allylic oxidation sites excluding steroid dienone is 1. The number of benzene rings is 3. The second-order valence-corrected chi connectivity index (χ2v) is 9.10. The van der Waals surface area contributed by atoms with Crippen LogP contribution in [0.2, 0.25) is 20.1 Å². The lowest BCUT2D eigenvalue weighted by Gasteiger charge is -2.15. The Morgan fingerprint density at radius 2 is 1.75 bits per heavy atom. The number of ether oxygens (including phenoxy) is 2. The third kappa shape index (κ3) is 6.13. The SMILES string of the molecule is CCOc1cc(/C=C(/C#N)c2ccc(Cl)c(Cl)c2)cc(Br)c1OCc1ccc(Cl)cc1Cl. The van der Waals surface area contributed by atoms with E-state index in [1.165, 1.54) is 0 Å². The number of nitriles is 1. The fourth-order valence-electron chi connectivity index (χ4n) is 2.87. The molecule has 0 saturated carbocycles. The van der Waals surface area contributed by atoms with Gasteiger partial charge in [0.25, 0.3) is 0 Å². The van der Waals surface area contributed by atoms with E-state index >= 15 is 0 Å². The first-order chi connectivity index (χ1) is 15.3. The number of hydrogen-bond acceptors (Lipinski definition) is 3.